The first kappa shape index (κ1) is 18.9. The molecule has 28 heavy (non-hydrogen) atoms. The van der Waals surface area contributed by atoms with Gasteiger partial charge in [-0.3, -0.25) is 10.00 Å². The molecule has 1 atom stereocenters. The van der Waals surface area contributed by atoms with Crippen molar-refractivity contribution in [1.29, 1.82) is 0 Å². The molecule has 3 aromatic rings. The van der Waals surface area contributed by atoms with E-state index < -0.39 is 0 Å². The molecular weight excluding hydrogens is 359 g/mol. The van der Waals surface area contributed by atoms with Crippen molar-refractivity contribution in [2.24, 2.45) is 0 Å². The summed E-state index contributed by atoms with van der Waals surface area (Å²) in [5, 5.41) is 10.7. The summed E-state index contributed by atoms with van der Waals surface area (Å²) in [6.45, 7) is 6.63. The molecule has 0 aliphatic carbocycles. The fourth-order valence-electron chi connectivity index (χ4n) is 3.59. The molecule has 0 bridgehead atoms. The SMILES string of the molecule is Cc1ccc(C(CNCc2cn[nH]c2-c2ccc(F)cc2)N2CCOCC2)o1. The highest BCUT2D eigenvalue weighted by Gasteiger charge is 2.25. The third kappa shape index (κ3) is 4.32. The number of rotatable bonds is 7. The first-order chi connectivity index (χ1) is 13.7. The molecule has 1 unspecified atom stereocenters. The van der Waals surface area contributed by atoms with Crippen LogP contribution >= 0.6 is 0 Å². The lowest BCUT2D eigenvalue weighted by molar-refractivity contribution is 0.0115. The number of aryl methyl sites for hydroxylation is 1. The Balaban J connectivity index is 1.44. The Labute approximate surface area is 163 Å². The molecule has 7 heteroatoms. The van der Waals surface area contributed by atoms with E-state index in [1.165, 1.54) is 12.1 Å². The van der Waals surface area contributed by atoms with E-state index in [2.05, 4.69) is 26.5 Å². The zero-order valence-electron chi connectivity index (χ0n) is 16.0. The van der Waals surface area contributed by atoms with Crippen LogP contribution in [0.15, 0.2) is 47.0 Å². The van der Waals surface area contributed by atoms with Gasteiger partial charge in [-0.2, -0.15) is 5.10 Å². The Bertz CT molecular complexity index is 884. The molecule has 2 aromatic heterocycles. The van der Waals surface area contributed by atoms with Crippen molar-refractivity contribution in [2.45, 2.75) is 19.5 Å². The number of benzene rings is 1. The number of morpholine rings is 1. The topological polar surface area (TPSA) is 66.3 Å². The van der Waals surface area contributed by atoms with Gasteiger partial charge >= 0.3 is 0 Å². The monoisotopic (exact) mass is 384 g/mol. The second-order valence-corrected chi connectivity index (χ2v) is 7.02. The molecule has 1 aliphatic rings. The third-order valence-electron chi connectivity index (χ3n) is 5.08. The average molecular weight is 384 g/mol. The lowest BCUT2D eigenvalue weighted by Gasteiger charge is -2.33. The minimum absolute atomic E-state index is 0.152. The molecule has 1 aliphatic heterocycles. The van der Waals surface area contributed by atoms with Gasteiger partial charge in [-0.25, -0.2) is 4.39 Å². The highest BCUT2D eigenvalue weighted by molar-refractivity contribution is 5.62. The highest BCUT2D eigenvalue weighted by Crippen LogP contribution is 2.24. The summed E-state index contributed by atoms with van der Waals surface area (Å²) in [5.74, 6) is 1.64. The van der Waals surface area contributed by atoms with Crippen LogP contribution in [0, 0.1) is 12.7 Å². The molecule has 1 saturated heterocycles. The number of halogens is 1. The zero-order valence-corrected chi connectivity index (χ0v) is 16.0. The van der Waals surface area contributed by atoms with Crippen molar-refractivity contribution in [2.75, 3.05) is 32.8 Å². The zero-order chi connectivity index (χ0) is 19.3. The van der Waals surface area contributed by atoms with E-state index in [1.54, 1.807) is 12.1 Å². The van der Waals surface area contributed by atoms with Crippen molar-refractivity contribution >= 4 is 0 Å². The Morgan fingerprint density at radius 1 is 1.18 bits per heavy atom. The van der Waals surface area contributed by atoms with Crippen LogP contribution in [-0.4, -0.2) is 47.9 Å². The molecular formula is C21H25FN4O2. The molecule has 1 fully saturated rings. The van der Waals surface area contributed by atoms with Gasteiger partial charge in [0.05, 0.1) is 31.1 Å². The number of H-pyrrole nitrogens is 1. The first-order valence-corrected chi connectivity index (χ1v) is 9.58. The Kier molecular flexibility index (Phi) is 5.85. The highest BCUT2D eigenvalue weighted by atomic mass is 19.1. The second kappa shape index (κ2) is 8.68. The summed E-state index contributed by atoms with van der Waals surface area (Å²) in [7, 11) is 0. The van der Waals surface area contributed by atoms with Crippen molar-refractivity contribution in [3.05, 3.63) is 65.5 Å². The fraction of sp³-hybridized carbons (Fsp3) is 0.381. The molecule has 2 N–H and O–H groups in total. The van der Waals surface area contributed by atoms with Crippen LogP contribution in [0.4, 0.5) is 4.39 Å². The van der Waals surface area contributed by atoms with Gasteiger partial charge in [0.2, 0.25) is 0 Å². The standard InChI is InChI=1S/C21H25FN4O2/c1-15-2-7-20(28-15)19(26-8-10-27-11-9-26)14-23-12-17-13-24-25-21(17)16-3-5-18(22)6-4-16/h2-7,13,19,23H,8-12,14H2,1H3,(H,24,25). The van der Waals surface area contributed by atoms with Crippen molar-refractivity contribution < 1.29 is 13.5 Å². The van der Waals surface area contributed by atoms with Crippen molar-refractivity contribution in [3.63, 3.8) is 0 Å². The maximum absolute atomic E-state index is 13.2. The van der Waals surface area contributed by atoms with E-state index in [-0.39, 0.29) is 11.9 Å². The van der Waals surface area contributed by atoms with E-state index >= 15 is 0 Å². The summed E-state index contributed by atoms with van der Waals surface area (Å²) >= 11 is 0. The summed E-state index contributed by atoms with van der Waals surface area (Å²) in [5.41, 5.74) is 2.87. The summed E-state index contributed by atoms with van der Waals surface area (Å²) in [6.07, 6.45) is 1.81. The van der Waals surface area contributed by atoms with Crippen LogP contribution < -0.4 is 5.32 Å². The van der Waals surface area contributed by atoms with Crippen LogP contribution in [0.5, 0.6) is 0 Å². The molecule has 0 radical (unpaired) electrons. The van der Waals surface area contributed by atoms with Crippen LogP contribution in [0.2, 0.25) is 0 Å². The largest absolute Gasteiger partial charge is 0.465 e. The van der Waals surface area contributed by atoms with Gasteiger partial charge in [0, 0.05) is 37.3 Å². The van der Waals surface area contributed by atoms with E-state index in [0.717, 1.165) is 61.2 Å². The number of furan rings is 1. The Morgan fingerprint density at radius 2 is 1.96 bits per heavy atom. The number of nitrogens with one attached hydrogen (secondary N) is 2. The Hall–Kier alpha value is -2.48. The predicted octanol–water partition coefficient (Wildman–Crippen LogP) is 3.28. The normalized spacial score (nSPS) is 16.4. The summed E-state index contributed by atoms with van der Waals surface area (Å²) in [6, 6.07) is 10.6. The van der Waals surface area contributed by atoms with Gasteiger partial charge in [0.1, 0.15) is 17.3 Å². The van der Waals surface area contributed by atoms with Crippen molar-refractivity contribution in [3.8, 4) is 11.3 Å². The van der Waals surface area contributed by atoms with Crippen LogP contribution in [0.25, 0.3) is 11.3 Å². The third-order valence-corrected chi connectivity index (χ3v) is 5.08. The number of nitrogens with zero attached hydrogens (tertiary/aromatic N) is 2. The number of aromatic amines is 1. The number of ether oxygens (including phenoxy) is 1. The summed E-state index contributed by atoms with van der Waals surface area (Å²) in [4.78, 5) is 2.39. The van der Waals surface area contributed by atoms with Gasteiger partial charge < -0.3 is 14.5 Å². The minimum Gasteiger partial charge on any atom is -0.465 e. The first-order valence-electron chi connectivity index (χ1n) is 9.58. The smallest absolute Gasteiger partial charge is 0.123 e. The lowest BCUT2D eigenvalue weighted by atomic mass is 10.1. The number of hydrogen-bond acceptors (Lipinski definition) is 5. The average Bonchev–Trinajstić information content (AvgIpc) is 3.36. The quantitative estimate of drug-likeness (QED) is 0.654. The van der Waals surface area contributed by atoms with Gasteiger partial charge in [0.25, 0.3) is 0 Å². The molecule has 1 aromatic carbocycles. The van der Waals surface area contributed by atoms with Gasteiger partial charge in [-0.1, -0.05) is 0 Å². The molecule has 3 heterocycles. The van der Waals surface area contributed by atoms with E-state index in [9.17, 15) is 4.39 Å². The second-order valence-electron chi connectivity index (χ2n) is 7.02. The van der Waals surface area contributed by atoms with Crippen LogP contribution in [0.1, 0.15) is 23.1 Å². The molecule has 0 amide bonds. The van der Waals surface area contributed by atoms with Crippen molar-refractivity contribution in [1.82, 2.24) is 20.4 Å². The molecule has 148 valence electrons. The van der Waals surface area contributed by atoms with E-state index in [1.807, 2.05) is 19.2 Å². The predicted molar refractivity (Wildman–Crippen MR) is 104 cm³/mol. The van der Waals surface area contributed by atoms with Gasteiger partial charge in [-0.15, -0.1) is 0 Å². The molecule has 0 saturated carbocycles. The van der Waals surface area contributed by atoms with E-state index in [4.69, 9.17) is 9.15 Å². The van der Waals surface area contributed by atoms with Gasteiger partial charge in [-0.05, 0) is 43.3 Å². The minimum atomic E-state index is -0.245. The van der Waals surface area contributed by atoms with Gasteiger partial charge in [0.15, 0.2) is 0 Å². The number of aromatic nitrogens is 2. The molecule has 6 nitrogen and oxygen atoms in total. The maximum Gasteiger partial charge on any atom is 0.123 e. The van der Waals surface area contributed by atoms with Crippen LogP contribution in [0.3, 0.4) is 0 Å². The Morgan fingerprint density at radius 3 is 2.68 bits per heavy atom. The fourth-order valence-corrected chi connectivity index (χ4v) is 3.59. The lowest BCUT2D eigenvalue weighted by Crippen LogP contribution is -2.42. The molecule has 0 spiro atoms. The maximum atomic E-state index is 13.2. The number of hydrogen-bond donors (Lipinski definition) is 2. The van der Waals surface area contributed by atoms with E-state index in [0.29, 0.717) is 6.54 Å². The molecule has 4 rings (SSSR count). The van der Waals surface area contributed by atoms with Crippen LogP contribution in [-0.2, 0) is 11.3 Å². The summed E-state index contributed by atoms with van der Waals surface area (Å²) < 4.78 is 24.6.